The highest BCUT2D eigenvalue weighted by atomic mass is 127. The monoisotopic (exact) mass is 567 g/mol. The minimum Gasteiger partial charge on any atom is -0.444 e. The largest absolute Gasteiger partial charge is 0.444 e. The number of hydrogen-bond acceptors (Lipinski definition) is 4. The minimum absolute atomic E-state index is 0. The first-order valence-corrected chi connectivity index (χ1v) is 11.9. The number of hydrogen-bond donors (Lipinski definition) is 3. The van der Waals surface area contributed by atoms with Gasteiger partial charge in [0, 0.05) is 44.7 Å². The second-order valence-corrected chi connectivity index (χ2v) is 9.34. The minimum atomic E-state index is -0.517. The van der Waals surface area contributed by atoms with Crippen LogP contribution >= 0.6 is 24.0 Å². The molecule has 3 N–H and O–H groups in total. The molecule has 0 aliphatic carbocycles. The Bertz CT molecular complexity index is 583. The van der Waals surface area contributed by atoms with Gasteiger partial charge in [-0.2, -0.15) is 0 Å². The fourth-order valence-corrected chi connectivity index (χ4v) is 3.80. The normalized spacial score (nSPS) is 16.2. The molecule has 8 nitrogen and oxygen atoms in total. The third kappa shape index (κ3) is 11.6. The van der Waals surface area contributed by atoms with Crippen LogP contribution < -0.4 is 16.0 Å². The Balaban J connectivity index is 0.00000961. The summed E-state index contributed by atoms with van der Waals surface area (Å²) in [6.45, 7) is 14.0. The van der Waals surface area contributed by atoms with Crippen LogP contribution in [0.1, 0.15) is 80.1 Å². The predicted octanol–water partition coefficient (Wildman–Crippen LogP) is 3.89. The lowest BCUT2D eigenvalue weighted by Gasteiger charge is -2.35. The molecular weight excluding hydrogens is 521 g/mol. The Labute approximate surface area is 212 Å². The number of piperidine rings is 1. The van der Waals surface area contributed by atoms with Crippen molar-refractivity contribution in [2.45, 2.75) is 97.8 Å². The molecule has 0 aromatic rings. The molecule has 2 amide bonds. The van der Waals surface area contributed by atoms with E-state index in [0.717, 1.165) is 57.6 Å². The fourth-order valence-electron chi connectivity index (χ4n) is 3.80. The van der Waals surface area contributed by atoms with Crippen molar-refractivity contribution in [2.24, 2.45) is 10.9 Å². The van der Waals surface area contributed by atoms with E-state index in [1.165, 1.54) is 0 Å². The maximum Gasteiger partial charge on any atom is 0.407 e. The zero-order valence-electron chi connectivity index (χ0n) is 21.1. The molecule has 188 valence electrons. The summed E-state index contributed by atoms with van der Waals surface area (Å²) in [5.74, 6) is 1.16. The lowest BCUT2D eigenvalue weighted by molar-refractivity contribution is -0.136. The van der Waals surface area contributed by atoms with Crippen LogP contribution in [0.25, 0.3) is 0 Å². The highest BCUT2D eigenvalue weighted by Crippen LogP contribution is 2.17. The van der Waals surface area contributed by atoms with Gasteiger partial charge in [-0.3, -0.25) is 9.79 Å². The SMILES string of the molecule is CCCC(CNC(=NC)NC1CCN(C(=O)C(CC)CC)CC1)NC(=O)OC(C)(C)C.I. The summed E-state index contributed by atoms with van der Waals surface area (Å²) < 4.78 is 5.38. The molecule has 1 heterocycles. The molecule has 0 spiro atoms. The van der Waals surface area contributed by atoms with Gasteiger partial charge < -0.3 is 25.6 Å². The molecule has 1 atom stereocenters. The van der Waals surface area contributed by atoms with Crippen LogP contribution in [0.15, 0.2) is 4.99 Å². The number of rotatable bonds is 9. The van der Waals surface area contributed by atoms with Crippen LogP contribution in [0, 0.1) is 5.92 Å². The summed E-state index contributed by atoms with van der Waals surface area (Å²) in [4.78, 5) is 31.0. The van der Waals surface area contributed by atoms with E-state index in [-0.39, 0.29) is 42.0 Å². The third-order valence-corrected chi connectivity index (χ3v) is 5.58. The van der Waals surface area contributed by atoms with Crippen LogP contribution in [-0.2, 0) is 9.53 Å². The van der Waals surface area contributed by atoms with Crippen molar-refractivity contribution < 1.29 is 14.3 Å². The van der Waals surface area contributed by atoms with Crippen LogP contribution in [0.4, 0.5) is 4.79 Å². The summed E-state index contributed by atoms with van der Waals surface area (Å²) in [5, 5.41) is 9.74. The number of nitrogens with one attached hydrogen (secondary N) is 3. The third-order valence-electron chi connectivity index (χ3n) is 5.58. The van der Waals surface area contributed by atoms with Crippen molar-refractivity contribution in [2.75, 3.05) is 26.7 Å². The van der Waals surface area contributed by atoms with Gasteiger partial charge in [-0.05, 0) is 52.9 Å². The van der Waals surface area contributed by atoms with Crippen molar-refractivity contribution in [3.63, 3.8) is 0 Å². The Kier molecular flexibility index (Phi) is 14.9. The fraction of sp³-hybridized carbons (Fsp3) is 0.870. The van der Waals surface area contributed by atoms with E-state index < -0.39 is 11.7 Å². The number of alkyl carbamates (subject to hydrolysis) is 1. The number of nitrogens with zero attached hydrogens (tertiary/aromatic N) is 2. The first-order chi connectivity index (χ1) is 14.6. The molecule has 0 radical (unpaired) electrons. The van der Waals surface area contributed by atoms with Gasteiger partial charge in [0.05, 0.1) is 0 Å². The van der Waals surface area contributed by atoms with Gasteiger partial charge in [0.2, 0.25) is 5.91 Å². The van der Waals surface area contributed by atoms with Crippen molar-refractivity contribution in [3.05, 3.63) is 0 Å². The molecule has 0 saturated carbocycles. The Morgan fingerprint density at radius 3 is 2.19 bits per heavy atom. The molecule has 0 aromatic carbocycles. The number of carbonyl (C=O) groups is 2. The zero-order valence-corrected chi connectivity index (χ0v) is 23.5. The predicted molar refractivity (Wildman–Crippen MR) is 142 cm³/mol. The Hall–Kier alpha value is -1.26. The lowest BCUT2D eigenvalue weighted by Crippen LogP contribution is -2.52. The summed E-state index contributed by atoms with van der Waals surface area (Å²) in [5.41, 5.74) is -0.517. The van der Waals surface area contributed by atoms with E-state index in [1.54, 1.807) is 7.05 Å². The first kappa shape index (κ1) is 30.7. The smallest absolute Gasteiger partial charge is 0.407 e. The topological polar surface area (TPSA) is 95.1 Å². The number of amides is 2. The van der Waals surface area contributed by atoms with Gasteiger partial charge in [-0.25, -0.2) is 4.79 Å². The van der Waals surface area contributed by atoms with Crippen molar-refractivity contribution in [1.29, 1.82) is 0 Å². The number of ether oxygens (including phenoxy) is 1. The van der Waals surface area contributed by atoms with Crippen LogP contribution in [0.3, 0.4) is 0 Å². The van der Waals surface area contributed by atoms with Gasteiger partial charge >= 0.3 is 6.09 Å². The first-order valence-electron chi connectivity index (χ1n) is 11.9. The molecule has 1 rings (SSSR count). The molecule has 0 aromatic heterocycles. The standard InChI is InChI=1S/C23H45N5O3.HI/c1-8-11-19(27-22(30)31-23(4,5)6)16-25-21(24-7)26-18-12-14-28(15-13-18)20(29)17(9-2)10-3;/h17-19H,8-16H2,1-7H3,(H,27,30)(H2,24,25,26);1H. The lowest BCUT2D eigenvalue weighted by atomic mass is 9.98. The number of guanidine groups is 1. The van der Waals surface area contributed by atoms with Crippen molar-refractivity contribution >= 4 is 41.9 Å². The van der Waals surface area contributed by atoms with Gasteiger partial charge in [-0.1, -0.05) is 27.2 Å². The molecule has 1 saturated heterocycles. The number of carbonyl (C=O) groups excluding carboxylic acids is 2. The van der Waals surface area contributed by atoms with Crippen molar-refractivity contribution in [3.8, 4) is 0 Å². The zero-order chi connectivity index (χ0) is 23.4. The van der Waals surface area contributed by atoms with Gasteiger partial charge in [0.1, 0.15) is 5.60 Å². The van der Waals surface area contributed by atoms with E-state index in [2.05, 4.69) is 41.7 Å². The molecular formula is C23H46IN5O3. The van der Waals surface area contributed by atoms with Gasteiger partial charge in [0.25, 0.3) is 0 Å². The molecule has 1 unspecified atom stereocenters. The van der Waals surface area contributed by atoms with Crippen LogP contribution in [0.5, 0.6) is 0 Å². The summed E-state index contributed by atoms with van der Waals surface area (Å²) in [6.07, 6.45) is 5.02. The molecule has 32 heavy (non-hydrogen) atoms. The van der Waals surface area contributed by atoms with Gasteiger partial charge in [0.15, 0.2) is 5.96 Å². The van der Waals surface area contributed by atoms with Crippen molar-refractivity contribution in [1.82, 2.24) is 20.9 Å². The van der Waals surface area contributed by atoms with Gasteiger partial charge in [-0.15, -0.1) is 24.0 Å². The van der Waals surface area contributed by atoms with E-state index in [9.17, 15) is 9.59 Å². The molecule has 1 fully saturated rings. The Morgan fingerprint density at radius 2 is 1.72 bits per heavy atom. The quantitative estimate of drug-likeness (QED) is 0.223. The van der Waals surface area contributed by atoms with Crippen LogP contribution in [0.2, 0.25) is 0 Å². The maximum atomic E-state index is 12.6. The van der Waals surface area contributed by atoms with Crippen LogP contribution in [-0.4, -0.2) is 67.2 Å². The average Bonchev–Trinajstić information content (AvgIpc) is 2.71. The van der Waals surface area contributed by atoms with E-state index in [1.807, 2.05) is 25.7 Å². The number of halogens is 1. The highest BCUT2D eigenvalue weighted by molar-refractivity contribution is 14.0. The van der Waals surface area contributed by atoms with E-state index in [4.69, 9.17) is 4.74 Å². The number of likely N-dealkylation sites (tertiary alicyclic amines) is 1. The molecule has 1 aliphatic heterocycles. The summed E-state index contributed by atoms with van der Waals surface area (Å²) >= 11 is 0. The summed E-state index contributed by atoms with van der Waals surface area (Å²) in [7, 11) is 1.75. The summed E-state index contributed by atoms with van der Waals surface area (Å²) in [6, 6.07) is 0.235. The maximum absolute atomic E-state index is 12.6. The molecule has 0 bridgehead atoms. The molecule has 9 heteroatoms. The second-order valence-electron chi connectivity index (χ2n) is 9.34. The average molecular weight is 568 g/mol. The van der Waals surface area contributed by atoms with E-state index in [0.29, 0.717) is 12.5 Å². The van der Waals surface area contributed by atoms with E-state index >= 15 is 0 Å². The number of aliphatic imine (C=N–C) groups is 1. The highest BCUT2D eigenvalue weighted by Gasteiger charge is 2.27. The molecule has 1 aliphatic rings. The second kappa shape index (κ2) is 15.6. The Morgan fingerprint density at radius 1 is 1.12 bits per heavy atom.